The molecule has 20 heavy (non-hydrogen) atoms. The number of aryl methyl sites for hydroxylation is 1. The Kier molecular flexibility index (Phi) is 4.06. The molecular formula is C14H16N2O3S. The first kappa shape index (κ1) is 14.5. The summed E-state index contributed by atoms with van der Waals surface area (Å²) in [7, 11) is -1.78. The molecule has 1 aromatic carbocycles. The van der Waals surface area contributed by atoms with E-state index in [-0.39, 0.29) is 17.2 Å². The Hall–Kier alpha value is -1.92. The van der Waals surface area contributed by atoms with Gasteiger partial charge in [0.1, 0.15) is 0 Å². The third-order valence-corrected chi connectivity index (χ3v) is 4.44. The van der Waals surface area contributed by atoms with E-state index in [4.69, 9.17) is 0 Å². The number of Topliss-reactive ketones (excluding diaryl/α,β-unsaturated/α-hetero) is 1. The van der Waals surface area contributed by atoms with Crippen LogP contribution in [0.1, 0.15) is 23.0 Å². The first-order valence-corrected chi connectivity index (χ1v) is 7.59. The largest absolute Gasteiger partial charge is 0.353 e. The predicted octanol–water partition coefficient (Wildman–Crippen LogP) is 1.71. The first-order valence-electron chi connectivity index (χ1n) is 6.11. The summed E-state index contributed by atoms with van der Waals surface area (Å²) in [5.74, 6) is -0.163. The van der Waals surface area contributed by atoms with Gasteiger partial charge in [-0.2, -0.15) is 0 Å². The molecule has 0 saturated carbocycles. The Balaban J connectivity index is 2.20. The van der Waals surface area contributed by atoms with Crippen LogP contribution in [0.4, 0.5) is 0 Å². The molecule has 1 aromatic heterocycles. The number of benzene rings is 1. The van der Waals surface area contributed by atoms with Gasteiger partial charge in [0, 0.05) is 24.5 Å². The van der Waals surface area contributed by atoms with Crippen molar-refractivity contribution >= 4 is 15.8 Å². The second-order valence-electron chi connectivity index (χ2n) is 4.52. The van der Waals surface area contributed by atoms with E-state index in [1.165, 1.54) is 19.1 Å². The van der Waals surface area contributed by atoms with Gasteiger partial charge in [-0.25, -0.2) is 13.1 Å². The average molecular weight is 292 g/mol. The molecule has 1 N–H and O–H groups in total. The number of nitrogens with zero attached hydrogens (tertiary/aromatic N) is 1. The highest BCUT2D eigenvalue weighted by Crippen LogP contribution is 2.12. The van der Waals surface area contributed by atoms with Gasteiger partial charge in [0.25, 0.3) is 0 Å². The van der Waals surface area contributed by atoms with E-state index in [1.807, 2.05) is 29.9 Å². The maximum atomic E-state index is 12.2. The van der Waals surface area contributed by atoms with Gasteiger partial charge in [0.2, 0.25) is 10.0 Å². The van der Waals surface area contributed by atoms with Crippen molar-refractivity contribution in [3.63, 3.8) is 0 Å². The monoisotopic (exact) mass is 292 g/mol. The second kappa shape index (κ2) is 5.60. The number of ketones is 1. The molecule has 0 aliphatic rings. The van der Waals surface area contributed by atoms with Gasteiger partial charge < -0.3 is 4.57 Å². The second-order valence-corrected chi connectivity index (χ2v) is 6.29. The maximum absolute atomic E-state index is 12.2. The van der Waals surface area contributed by atoms with Crippen molar-refractivity contribution in [2.75, 3.05) is 0 Å². The molecule has 0 amide bonds. The van der Waals surface area contributed by atoms with Crippen LogP contribution in [-0.4, -0.2) is 18.8 Å². The molecule has 0 aliphatic carbocycles. The zero-order valence-electron chi connectivity index (χ0n) is 11.3. The molecule has 0 fully saturated rings. The van der Waals surface area contributed by atoms with E-state index in [9.17, 15) is 13.2 Å². The molecule has 5 nitrogen and oxygen atoms in total. The third kappa shape index (κ3) is 3.15. The molecule has 0 bridgehead atoms. The average Bonchev–Trinajstić information content (AvgIpc) is 2.82. The Morgan fingerprint density at radius 1 is 1.25 bits per heavy atom. The normalized spacial score (nSPS) is 11.5. The lowest BCUT2D eigenvalue weighted by Crippen LogP contribution is -2.24. The van der Waals surface area contributed by atoms with Gasteiger partial charge in [-0.3, -0.25) is 4.79 Å². The number of hydrogen-bond donors (Lipinski definition) is 1. The van der Waals surface area contributed by atoms with Crippen molar-refractivity contribution in [3.8, 4) is 0 Å². The maximum Gasteiger partial charge on any atom is 0.240 e. The number of hydrogen-bond acceptors (Lipinski definition) is 3. The highest BCUT2D eigenvalue weighted by Gasteiger charge is 2.15. The first-order chi connectivity index (χ1) is 9.40. The minimum absolute atomic E-state index is 0.0967. The number of aromatic nitrogens is 1. The van der Waals surface area contributed by atoms with E-state index in [1.54, 1.807) is 12.1 Å². The number of nitrogens with one attached hydrogen (secondary N) is 1. The number of sulfonamides is 1. The van der Waals surface area contributed by atoms with Crippen LogP contribution in [0.5, 0.6) is 0 Å². The highest BCUT2D eigenvalue weighted by atomic mass is 32.2. The topological polar surface area (TPSA) is 68.2 Å². The van der Waals surface area contributed by atoms with Gasteiger partial charge >= 0.3 is 0 Å². The lowest BCUT2D eigenvalue weighted by Gasteiger charge is -2.08. The predicted molar refractivity (Wildman–Crippen MR) is 75.9 cm³/mol. The molecule has 106 valence electrons. The molecule has 1 heterocycles. The third-order valence-electron chi connectivity index (χ3n) is 3.05. The Labute approximate surface area is 118 Å². The zero-order chi connectivity index (χ0) is 14.8. The van der Waals surface area contributed by atoms with Crippen LogP contribution in [0, 0.1) is 0 Å². The van der Waals surface area contributed by atoms with Crippen molar-refractivity contribution in [2.24, 2.45) is 7.05 Å². The van der Waals surface area contributed by atoms with Gasteiger partial charge in [0.05, 0.1) is 11.4 Å². The molecule has 6 heteroatoms. The minimum Gasteiger partial charge on any atom is -0.353 e. The van der Waals surface area contributed by atoms with E-state index >= 15 is 0 Å². The molecule has 0 atom stereocenters. The van der Waals surface area contributed by atoms with Crippen LogP contribution < -0.4 is 4.72 Å². The fourth-order valence-electron chi connectivity index (χ4n) is 1.81. The molecule has 2 rings (SSSR count). The van der Waals surface area contributed by atoms with Crippen LogP contribution in [0.15, 0.2) is 47.5 Å². The summed E-state index contributed by atoms with van der Waals surface area (Å²) in [6.07, 6.45) is 1.85. The zero-order valence-corrected chi connectivity index (χ0v) is 12.1. The summed E-state index contributed by atoms with van der Waals surface area (Å²) in [6.45, 7) is 1.61. The molecule has 0 aliphatic heterocycles. The summed E-state index contributed by atoms with van der Waals surface area (Å²) in [6, 6.07) is 9.70. The van der Waals surface area contributed by atoms with Gasteiger partial charge in [-0.1, -0.05) is 12.1 Å². The summed E-state index contributed by atoms with van der Waals surface area (Å²) >= 11 is 0. The van der Waals surface area contributed by atoms with Crippen LogP contribution >= 0.6 is 0 Å². The van der Waals surface area contributed by atoms with E-state index in [2.05, 4.69) is 4.72 Å². The Morgan fingerprint density at radius 3 is 2.60 bits per heavy atom. The standard InChI is InChI=1S/C14H16N2O3S/c1-11(17)12-5-3-7-14(9-12)20(18,19)15-10-13-6-4-8-16(13)2/h3-9,15H,10H2,1-2H3. The van der Waals surface area contributed by atoms with Gasteiger partial charge in [0.15, 0.2) is 5.78 Å². The van der Waals surface area contributed by atoms with Crippen LogP contribution in [-0.2, 0) is 23.6 Å². The van der Waals surface area contributed by atoms with E-state index < -0.39 is 10.0 Å². The lowest BCUT2D eigenvalue weighted by molar-refractivity contribution is 0.101. The molecule has 0 radical (unpaired) electrons. The van der Waals surface area contributed by atoms with Crippen molar-refractivity contribution in [3.05, 3.63) is 53.9 Å². The number of carbonyl (C=O) groups excluding carboxylic acids is 1. The minimum atomic E-state index is -3.62. The molecule has 0 unspecified atom stereocenters. The highest BCUT2D eigenvalue weighted by molar-refractivity contribution is 7.89. The fourth-order valence-corrected chi connectivity index (χ4v) is 2.86. The van der Waals surface area contributed by atoms with Crippen LogP contribution in [0.3, 0.4) is 0 Å². The SMILES string of the molecule is CC(=O)c1cccc(S(=O)(=O)NCc2cccn2C)c1. The molecule has 2 aromatic rings. The van der Waals surface area contributed by atoms with Crippen molar-refractivity contribution in [1.82, 2.24) is 9.29 Å². The van der Waals surface area contributed by atoms with Crippen molar-refractivity contribution in [2.45, 2.75) is 18.4 Å². The van der Waals surface area contributed by atoms with E-state index in [0.29, 0.717) is 5.56 Å². The quantitative estimate of drug-likeness (QED) is 0.853. The number of rotatable bonds is 5. The van der Waals surface area contributed by atoms with Crippen LogP contribution in [0.2, 0.25) is 0 Å². The summed E-state index contributed by atoms with van der Waals surface area (Å²) < 4.78 is 28.7. The summed E-state index contributed by atoms with van der Waals surface area (Å²) in [4.78, 5) is 11.4. The van der Waals surface area contributed by atoms with Gasteiger partial charge in [-0.05, 0) is 31.2 Å². The fraction of sp³-hybridized carbons (Fsp3) is 0.214. The number of carbonyl (C=O) groups is 1. The van der Waals surface area contributed by atoms with Gasteiger partial charge in [-0.15, -0.1) is 0 Å². The molecule has 0 spiro atoms. The molecule has 0 saturated heterocycles. The smallest absolute Gasteiger partial charge is 0.240 e. The van der Waals surface area contributed by atoms with E-state index in [0.717, 1.165) is 5.69 Å². The van der Waals surface area contributed by atoms with Crippen LogP contribution in [0.25, 0.3) is 0 Å². The Morgan fingerprint density at radius 2 is 2.00 bits per heavy atom. The summed E-state index contributed by atoms with van der Waals surface area (Å²) in [5.41, 5.74) is 1.24. The Bertz CT molecular complexity index is 732. The van der Waals surface area contributed by atoms with Crippen molar-refractivity contribution in [1.29, 1.82) is 0 Å². The lowest BCUT2D eigenvalue weighted by atomic mass is 10.2. The summed E-state index contributed by atoms with van der Waals surface area (Å²) in [5, 5.41) is 0. The molecular weight excluding hydrogens is 276 g/mol. The van der Waals surface area contributed by atoms with Crippen molar-refractivity contribution < 1.29 is 13.2 Å².